The molecule has 2 heterocycles. The summed E-state index contributed by atoms with van der Waals surface area (Å²) in [5, 5.41) is 17.4. The van der Waals surface area contributed by atoms with Gasteiger partial charge in [0.1, 0.15) is 17.0 Å². The van der Waals surface area contributed by atoms with Crippen LogP contribution >= 0.6 is 0 Å². The first-order valence-corrected chi connectivity index (χ1v) is 12.6. The average Bonchev–Trinajstić information content (AvgIpc) is 3.76. The lowest BCUT2D eigenvalue weighted by molar-refractivity contribution is 0.630. The largest absolute Gasteiger partial charge is 0.338 e. The third kappa shape index (κ3) is 4.51. The second kappa shape index (κ2) is 10.2. The number of aromatic nitrogens is 3. The van der Waals surface area contributed by atoms with Crippen molar-refractivity contribution in [1.82, 2.24) is 19.0 Å². The van der Waals surface area contributed by atoms with E-state index in [0.29, 0.717) is 29.8 Å². The van der Waals surface area contributed by atoms with E-state index in [4.69, 9.17) is 5.26 Å². The molecule has 0 bridgehead atoms. The van der Waals surface area contributed by atoms with Crippen LogP contribution in [0.5, 0.6) is 0 Å². The monoisotopic (exact) mass is 542 g/mol. The van der Waals surface area contributed by atoms with Gasteiger partial charge < -0.3 is 10.6 Å². The summed E-state index contributed by atoms with van der Waals surface area (Å²) in [5.74, 6) is -0.277. The number of aryl methyl sites for hydroxylation is 2. The number of guanidine groups is 1. The van der Waals surface area contributed by atoms with Gasteiger partial charge >= 0.3 is 5.69 Å². The smallest absolute Gasteiger partial charge is 0.336 e. The molecular weight excluding hydrogens is 515 g/mol. The molecule has 2 aromatic carbocycles. The summed E-state index contributed by atoms with van der Waals surface area (Å²) in [4.78, 5) is 45.3. The van der Waals surface area contributed by atoms with Gasteiger partial charge in [0.25, 0.3) is 11.1 Å². The van der Waals surface area contributed by atoms with E-state index >= 15 is 0 Å². The van der Waals surface area contributed by atoms with E-state index in [2.05, 4.69) is 20.9 Å². The Hall–Kier alpha value is -5.18. The molecule has 40 heavy (non-hydrogen) atoms. The van der Waals surface area contributed by atoms with Crippen molar-refractivity contribution in [3.05, 3.63) is 90.6 Å². The minimum atomic E-state index is -0.583. The first-order chi connectivity index (χ1) is 19.2. The van der Waals surface area contributed by atoms with Gasteiger partial charge in [0, 0.05) is 31.4 Å². The maximum absolute atomic E-state index is 14.9. The molecular formula is C28H27FN8O3. The Labute approximate surface area is 227 Å². The summed E-state index contributed by atoms with van der Waals surface area (Å²) in [7, 11) is 3.00. The summed E-state index contributed by atoms with van der Waals surface area (Å²) in [5.41, 5.74) is 0.408. The topological polar surface area (TPSA) is 138 Å². The number of halogens is 1. The maximum atomic E-state index is 14.9. The van der Waals surface area contributed by atoms with Crippen molar-refractivity contribution >= 4 is 34.1 Å². The summed E-state index contributed by atoms with van der Waals surface area (Å²) in [6, 6.07) is 11.1. The molecule has 0 saturated heterocycles. The lowest BCUT2D eigenvalue weighted by Crippen LogP contribution is -2.41. The third-order valence-corrected chi connectivity index (χ3v) is 6.90. The molecule has 0 spiro atoms. The number of nitriles is 1. The van der Waals surface area contributed by atoms with Gasteiger partial charge in [0.05, 0.1) is 16.9 Å². The Morgan fingerprint density at radius 3 is 2.50 bits per heavy atom. The zero-order chi connectivity index (χ0) is 28.7. The minimum Gasteiger partial charge on any atom is -0.338 e. The fraction of sp³-hybridized carbons (Fsp3) is 0.250. The Balaban J connectivity index is 1.84. The van der Waals surface area contributed by atoms with E-state index < -0.39 is 22.6 Å². The number of aliphatic imine (C=N–C) groups is 1. The van der Waals surface area contributed by atoms with Crippen LogP contribution in [-0.4, -0.2) is 26.7 Å². The van der Waals surface area contributed by atoms with Crippen molar-refractivity contribution in [1.29, 1.82) is 5.26 Å². The number of nitrogens with zero attached hydrogens (tertiary/aromatic N) is 5. The Morgan fingerprint density at radius 1 is 1.10 bits per heavy atom. The highest BCUT2D eigenvalue weighted by molar-refractivity contribution is 5.95. The molecule has 0 unspecified atom stereocenters. The van der Waals surface area contributed by atoms with Gasteiger partial charge in [-0.15, -0.1) is 0 Å². The lowest BCUT2D eigenvalue weighted by atomic mass is 10.1. The highest BCUT2D eigenvalue weighted by atomic mass is 19.1. The first-order valence-electron chi connectivity index (χ1n) is 12.6. The summed E-state index contributed by atoms with van der Waals surface area (Å²) in [6.07, 6.45) is 3.13. The fourth-order valence-corrected chi connectivity index (χ4v) is 4.76. The molecule has 204 valence electrons. The van der Waals surface area contributed by atoms with E-state index in [-0.39, 0.29) is 40.0 Å². The zero-order valence-electron chi connectivity index (χ0n) is 22.4. The number of benzene rings is 2. The lowest BCUT2D eigenvalue weighted by Gasteiger charge is -2.21. The van der Waals surface area contributed by atoms with Crippen molar-refractivity contribution in [2.45, 2.75) is 32.7 Å². The van der Waals surface area contributed by atoms with E-state index in [1.807, 2.05) is 0 Å². The molecule has 12 heteroatoms. The second-order valence-corrected chi connectivity index (χ2v) is 9.68. The van der Waals surface area contributed by atoms with E-state index in [1.165, 1.54) is 39.9 Å². The van der Waals surface area contributed by atoms with Crippen LogP contribution in [0.15, 0.2) is 61.8 Å². The number of hydrogen-bond acceptors (Lipinski definition) is 6. The first kappa shape index (κ1) is 26.4. The third-order valence-electron chi connectivity index (χ3n) is 6.90. The Morgan fingerprint density at radius 2 is 1.85 bits per heavy atom. The Bertz CT molecular complexity index is 1930. The van der Waals surface area contributed by atoms with Crippen molar-refractivity contribution in [3.63, 3.8) is 0 Å². The number of fused-ring (bicyclic) bond motifs is 1. The predicted octanol–water partition coefficient (Wildman–Crippen LogP) is 3.15. The predicted molar refractivity (Wildman–Crippen MR) is 152 cm³/mol. The molecule has 0 amide bonds. The van der Waals surface area contributed by atoms with Gasteiger partial charge in [-0.25, -0.2) is 9.18 Å². The standard InChI is InChI=1S/C28H27FN8O3/c1-15-8-11-21(20(29)12-15)34-24-22-23(16(2)25(38)35(24)4)36(28(40)37(26(22)39)18-9-10-18)19-7-5-6-17(13-19)33-27(31-3)32-14-30/h5-8,11-13,18,34H,9-10H2,1-4H3,(H2,31,32,33). The number of pyridine rings is 1. The van der Waals surface area contributed by atoms with E-state index in [0.717, 1.165) is 0 Å². The number of nitrogens with one attached hydrogen (secondary N) is 3. The van der Waals surface area contributed by atoms with Gasteiger partial charge in [-0.2, -0.15) is 5.26 Å². The molecule has 1 saturated carbocycles. The van der Waals surface area contributed by atoms with Crippen LogP contribution in [0.4, 0.5) is 21.6 Å². The molecule has 4 aromatic rings. The zero-order valence-corrected chi connectivity index (χ0v) is 22.4. The van der Waals surface area contributed by atoms with Gasteiger partial charge in [0.2, 0.25) is 5.96 Å². The van der Waals surface area contributed by atoms with Gasteiger partial charge in [-0.1, -0.05) is 12.1 Å². The van der Waals surface area contributed by atoms with Gasteiger partial charge in [-0.3, -0.25) is 33.6 Å². The van der Waals surface area contributed by atoms with Crippen LogP contribution in [0.3, 0.4) is 0 Å². The van der Waals surface area contributed by atoms with E-state index in [1.54, 1.807) is 50.4 Å². The van der Waals surface area contributed by atoms with Crippen LogP contribution < -0.4 is 32.8 Å². The maximum Gasteiger partial charge on any atom is 0.336 e. The molecule has 1 aliphatic carbocycles. The summed E-state index contributed by atoms with van der Waals surface area (Å²) in [6.45, 7) is 3.31. The molecule has 3 N–H and O–H groups in total. The van der Waals surface area contributed by atoms with Crippen LogP contribution in [0.1, 0.15) is 30.0 Å². The van der Waals surface area contributed by atoms with Crippen molar-refractivity contribution < 1.29 is 4.39 Å². The second-order valence-electron chi connectivity index (χ2n) is 9.68. The van der Waals surface area contributed by atoms with Crippen molar-refractivity contribution in [2.75, 3.05) is 17.7 Å². The quantitative estimate of drug-likeness (QED) is 0.152. The fourth-order valence-electron chi connectivity index (χ4n) is 4.76. The number of anilines is 3. The molecule has 11 nitrogen and oxygen atoms in total. The highest BCUT2D eigenvalue weighted by Crippen LogP contribution is 2.34. The van der Waals surface area contributed by atoms with Crippen LogP contribution in [0, 0.1) is 31.1 Å². The molecule has 0 radical (unpaired) electrons. The molecule has 2 aromatic heterocycles. The minimum absolute atomic E-state index is 0.0782. The molecule has 5 rings (SSSR count). The van der Waals surface area contributed by atoms with Crippen molar-refractivity contribution in [3.8, 4) is 11.9 Å². The summed E-state index contributed by atoms with van der Waals surface area (Å²) < 4.78 is 18.7. The van der Waals surface area contributed by atoms with Gasteiger partial charge in [0.15, 0.2) is 6.19 Å². The summed E-state index contributed by atoms with van der Waals surface area (Å²) >= 11 is 0. The molecule has 0 atom stereocenters. The van der Waals surface area contributed by atoms with Crippen LogP contribution in [0.25, 0.3) is 16.6 Å². The Kier molecular flexibility index (Phi) is 6.73. The normalized spacial score (nSPS) is 13.2. The molecule has 1 fully saturated rings. The highest BCUT2D eigenvalue weighted by Gasteiger charge is 2.31. The van der Waals surface area contributed by atoms with Crippen molar-refractivity contribution in [2.24, 2.45) is 12.0 Å². The van der Waals surface area contributed by atoms with Crippen LogP contribution in [0.2, 0.25) is 0 Å². The van der Waals surface area contributed by atoms with Gasteiger partial charge in [-0.05, 0) is 62.6 Å². The molecule has 0 aliphatic heterocycles. The average molecular weight is 543 g/mol. The van der Waals surface area contributed by atoms with Crippen LogP contribution in [-0.2, 0) is 7.05 Å². The number of hydrogen-bond donors (Lipinski definition) is 3. The van der Waals surface area contributed by atoms with E-state index in [9.17, 15) is 18.8 Å². The SMILES string of the molecule is CN=C(NC#N)Nc1cccc(-n2c(=O)n(C3CC3)c(=O)c3c(Nc4ccc(C)cc4F)n(C)c(=O)c(C)c32)c1. The molecule has 1 aliphatic rings. The number of rotatable bonds is 5.